The van der Waals surface area contributed by atoms with E-state index < -0.39 is 11.8 Å². The summed E-state index contributed by atoms with van der Waals surface area (Å²) in [5.74, 6) is -1.56. The number of nitrogens with zero attached hydrogens (tertiary/aromatic N) is 2. The van der Waals surface area contributed by atoms with Crippen LogP contribution in [0.1, 0.15) is 25.0 Å². The van der Waals surface area contributed by atoms with Gasteiger partial charge < -0.3 is 5.11 Å². The Morgan fingerprint density at radius 2 is 2.24 bits per heavy atom. The van der Waals surface area contributed by atoms with Crippen molar-refractivity contribution in [3.05, 3.63) is 41.2 Å². The third-order valence-corrected chi connectivity index (χ3v) is 3.00. The molecule has 0 aliphatic heterocycles. The molecule has 0 aliphatic rings. The standard InChI is InChI=1S/C16H19FN2O2/c1-3-19(10-12(2)9-18)11-14-6-13(4-5-16(20)21)7-15(17)8-14/h4-8,12H,3,10-11H2,1-2H3,(H,20,21). The Labute approximate surface area is 124 Å². The predicted molar refractivity (Wildman–Crippen MR) is 78.8 cm³/mol. The summed E-state index contributed by atoms with van der Waals surface area (Å²) in [7, 11) is 0. The zero-order valence-electron chi connectivity index (χ0n) is 12.2. The van der Waals surface area contributed by atoms with Crippen LogP contribution < -0.4 is 0 Å². The molecule has 0 aliphatic carbocycles. The van der Waals surface area contributed by atoms with Crippen molar-refractivity contribution in [3.8, 4) is 6.07 Å². The van der Waals surface area contributed by atoms with E-state index in [1.165, 1.54) is 18.2 Å². The van der Waals surface area contributed by atoms with Gasteiger partial charge in [-0.05, 0) is 42.8 Å². The third kappa shape index (κ3) is 6.19. The van der Waals surface area contributed by atoms with Crippen molar-refractivity contribution in [3.63, 3.8) is 0 Å². The highest BCUT2D eigenvalue weighted by molar-refractivity contribution is 5.85. The molecule has 1 unspecified atom stereocenters. The lowest BCUT2D eigenvalue weighted by atomic mass is 10.1. The molecule has 0 fully saturated rings. The van der Waals surface area contributed by atoms with Gasteiger partial charge in [0, 0.05) is 19.2 Å². The van der Waals surface area contributed by atoms with Crippen LogP contribution >= 0.6 is 0 Å². The summed E-state index contributed by atoms with van der Waals surface area (Å²) in [6.45, 7) is 5.71. The van der Waals surface area contributed by atoms with E-state index in [1.54, 1.807) is 6.07 Å². The van der Waals surface area contributed by atoms with Crippen LogP contribution in [-0.2, 0) is 11.3 Å². The molecule has 21 heavy (non-hydrogen) atoms. The number of aliphatic carboxylic acids is 1. The smallest absolute Gasteiger partial charge is 0.328 e. The maximum absolute atomic E-state index is 13.6. The van der Waals surface area contributed by atoms with Gasteiger partial charge in [0.05, 0.1) is 12.0 Å². The normalized spacial score (nSPS) is 12.5. The molecule has 0 spiro atoms. The first-order valence-corrected chi connectivity index (χ1v) is 6.77. The molecule has 1 N–H and O–H groups in total. The predicted octanol–water partition coefficient (Wildman–Crippen LogP) is 2.91. The molecule has 1 atom stereocenters. The van der Waals surface area contributed by atoms with Crippen molar-refractivity contribution in [2.45, 2.75) is 20.4 Å². The van der Waals surface area contributed by atoms with Gasteiger partial charge in [0.2, 0.25) is 0 Å². The number of benzene rings is 1. The number of carbonyl (C=O) groups is 1. The number of hydrogen-bond acceptors (Lipinski definition) is 3. The van der Waals surface area contributed by atoms with Crippen LogP contribution in [0.4, 0.5) is 4.39 Å². The minimum absolute atomic E-state index is 0.0927. The molecule has 0 radical (unpaired) electrons. The minimum atomic E-state index is -1.07. The Morgan fingerprint density at radius 1 is 1.52 bits per heavy atom. The van der Waals surface area contributed by atoms with E-state index in [0.29, 0.717) is 18.7 Å². The summed E-state index contributed by atoms with van der Waals surface area (Å²) in [5.41, 5.74) is 1.27. The Hall–Kier alpha value is -2.19. The number of rotatable bonds is 7. The maximum atomic E-state index is 13.6. The molecule has 0 saturated heterocycles. The molecular weight excluding hydrogens is 271 g/mol. The summed E-state index contributed by atoms with van der Waals surface area (Å²) < 4.78 is 13.6. The van der Waals surface area contributed by atoms with E-state index >= 15 is 0 Å². The van der Waals surface area contributed by atoms with Crippen LogP contribution in [0.2, 0.25) is 0 Å². The van der Waals surface area contributed by atoms with Crippen molar-refractivity contribution in [1.29, 1.82) is 5.26 Å². The van der Waals surface area contributed by atoms with E-state index in [2.05, 4.69) is 6.07 Å². The fraction of sp³-hybridized carbons (Fsp3) is 0.375. The zero-order chi connectivity index (χ0) is 15.8. The maximum Gasteiger partial charge on any atom is 0.328 e. The van der Waals surface area contributed by atoms with Gasteiger partial charge >= 0.3 is 5.97 Å². The van der Waals surface area contributed by atoms with Gasteiger partial charge in [0.15, 0.2) is 0 Å². The molecule has 0 heterocycles. The summed E-state index contributed by atoms with van der Waals surface area (Å²) >= 11 is 0. The largest absolute Gasteiger partial charge is 0.478 e. The fourth-order valence-corrected chi connectivity index (χ4v) is 2.02. The zero-order valence-corrected chi connectivity index (χ0v) is 12.2. The van der Waals surface area contributed by atoms with Crippen LogP contribution in [-0.4, -0.2) is 29.1 Å². The van der Waals surface area contributed by atoms with E-state index in [4.69, 9.17) is 10.4 Å². The van der Waals surface area contributed by atoms with Crippen LogP contribution in [0.3, 0.4) is 0 Å². The first kappa shape index (κ1) is 16.9. The van der Waals surface area contributed by atoms with Crippen LogP contribution in [0.15, 0.2) is 24.3 Å². The van der Waals surface area contributed by atoms with Crippen LogP contribution in [0.25, 0.3) is 6.08 Å². The summed E-state index contributed by atoms with van der Waals surface area (Å²) in [4.78, 5) is 12.6. The number of hydrogen-bond donors (Lipinski definition) is 1. The lowest BCUT2D eigenvalue weighted by Crippen LogP contribution is -2.27. The van der Waals surface area contributed by atoms with E-state index in [1.807, 2.05) is 18.7 Å². The second-order valence-corrected chi connectivity index (χ2v) is 4.92. The van der Waals surface area contributed by atoms with Crippen molar-refractivity contribution < 1.29 is 14.3 Å². The fourth-order valence-electron chi connectivity index (χ4n) is 2.02. The highest BCUT2D eigenvalue weighted by atomic mass is 19.1. The van der Waals surface area contributed by atoms with Crippen LogP contribution in [0, 0.1) is 23.1 Å². The SMILES string of the molecule is CCN(Cc1cc(F)cc(C=CC(=O)O)c1)CC(C)C#N. The van der Waals surface area contributed by atoms with Gasteiger partial charge in [-0.25, -0.2) is 9.18 Å². The first-order chi connectivity index (χ1) is 9.94. The molecule has 5 heteroatoms. The second-order valence-electron chi connectivity index (χ2n) is 4.92. The molecule has 1 aromatic rings. The average molecular weight is 290 g/mol. The molecular formula is C16H19FN2O2. The van der Waals surface area contributed by atoms with Gasteiger partial charge in [0.25, 0.3) is 0 Å². The summed E-state index contributed by atoms with van der Waals surface area (Å²) in [6.07, 6.45) is 2.34. The average Bonchev–Trinajstić information content (AvgIpc) is 2.43. The number of halogens is 1. The quantitative estimate of drug-likeness (QED) is 0.784. The van der Waals surface area contributed by atoms with Gasteiger partial charge in [-0.3, -0.25) is 4.90 Å². The lowest BCUT2D eigenvalue weighted by molar-refractivity contribution is -0.131. The Balaban J connectivity index is 2.87. The highest BCUT2D eigenvalue weighted by Crippen LogP contribution is 2.14. The van der Waals surface area contributed by atoms with Crippen molar-refractivity contribution >= 4 is 12.0 Å². The van der Waals surface area contributed by atoms with Gasteiger partial charge in [0.1, 0.15) is 5.82 Å². The number of carboxylic acids is 1. The molecule has 0 aromatic heterocycles. The Morgan fingerprint density at radius 3 is 2.81 bits per heavy atom. The number of carboxylic acid groups (broad SMARTS) is 1. The molecule has 0 saturated carbocycles. The number of nitriles is 1. The van der Waals surface area contributed by atoms with Crippen molar-refractivity contribution in [2.24, 2.45) is 5.92 Å². The van der Waals surface area contributed by atoms with E-state index in [9.17, 15) is 9.18 Å². The Bertz CT molecular complexity index is 564. The highest BCUT2D eigenvalue weighted by Gasteiger charge is 2.09. The molecule has 112 valence electrons. The molecule has 0 bridgehead atoms. The molecule has 1 rings (SSSR count). The molecule has 4 nitrogen and oxygen atoms in total. The van der Waals surface area contributed by atoms with Gasteiger partial charge in [-0.1, -0.05) is 13.0 Å². The first-order valence-electron chi connectivity index (χ1n) is 6.77. The summed E-state index contributed by atoms with van der Waals surface area (Å²) in [5, 5.41) is 17.5. The third-order valence-electron chi connectivity index (χ3n) is 3.00. The van der Waals surface area contributed by atoms with Gasteiger partial charge in [-0.15, -0.1) is 0 Å². The minimum Gasteiger partial charge on any atom is -0.478 e. The van der Waals surface area contributed by atoms with Crippen molar-refractivity contribution in [1.82, 2.24) is 4.90 Å². The lowest BCUT2D eigenvalue weighted by Gasteiger charge is -2.21. The van der Waals surface area contributed by atoms with E-state index in [-0.39, 0.29) is 5.92 Å². The Kier molecular flexibility index (Phi) is 6.57. The van der Waals surface area contributed by atoms with Crippen molar-refractivity contribution in [2.75, 3.05) is 13.1 Å². The van der Waals surface area contributed by atoms with Crippen LogP contribution in [0.5, 0.6) is 0 Å². The topological polar surface area (TPSA) is 64.3 Å². The molecule has 0 amide bonds. The second kappa shape index (κ2) is 8.18. The van der Waals surface area contributed by atoms with Gasteiger partial charge in [-0.2, -0.15) is 5.26 Å². The molecule has 1 aromatic carbocycles. The summed E-state index contributed by atoms with van der Waals surface area (Å²) in [6, 6.07) is 6.65. The monoisotopic (exact) mass is 290 g/mol. The van der Waals surface area contributed by atoms with E-state index in [0.717, 1.165) is 18.2 Å².